The molecule has 0 unspecified atom stereocenters. The molecule has 1 heterocycles. The van der Waals surface area contributed by atoms with Crippen LogP contribution >= 0.6 is 0 Å². The normalized spacial score (nSPS) is 17.4. The Kier molecular flexibility index (Phi) is 2.63. The Morgan fingerprint density at radius 1 is 1.24 bits per heavy atom. The van der Waals surface area contributed by atoms with Crippen molar-refractivity contribution in [2.45, 2.75) is 38.1 Å². The zero-order chi connectivity index (χ0) is 11.7. The van der Waals surface area contributed by atoms with E-state index in [4.69, 9.17) is 10.2 Å². The summed E-state index contributed by atoms with van der Waals surface area (Å²) in [6.07, 6.45) is 6.33. The molecule has 0 amide bonds. The molecular formula is C13H17N3O. The zero-order valence-corrected chi connectivity index (χ0v) is 9.78. The number of oxazole rings is 1. The smallest absolute Gasteiger partial charge is 0.295 e. The highest BCUT2D eigenvalue weighted by Crippen LogP contribution is 2.26. The van der Waals surface area contributed by atoms with Gasteiger partial charge in [-0.25, -0.2) is 0 Å². The van der Waals surface area contributed by atoms with Gasteiger partial charge in [-0.1, -0.05) is 25.3 Å². The number of rotatable bonds is 2. The van der Waals surface area contributed by atoms with Gasteiger partial charge in [0.15, 0.2) is 5.58 Å². The number of nitrogens with zero attached hydrogens (tertiary/aromatic N) is 1. The Bertz CT molecular complexity index is 514. The van der Waals surface area contributed by atoms with E-state index < -0.39 is 0 Å². The molecule has 0 atom stereocenters. The molecule has 0 bridgehead atoms. The van der Waals surface area contributed by atoms with Crippen LogP contribution < -0.4 is 11.1 Å². The molecule has 2 aromatic rings. The maximum atomic E-state index is 5.85. The number of nitrogens with two attached hydrogens (primary N) is 1. The summed E-state index contributed by atoms with van der Waals surface area (Å²) in [6.45, 7) is 0. The minimum Gasteiger partial charge on any atom is -0.423 e. The lowest BCUT2D eigenvalue weighted by Gasteiger charge is -2.21. The Labute approximate surface area is 100 Å². The fourth-order valence-corrected chi connectivity index (χ4v) is 2.45. The number of nitrogen functional groups attached to an aromatic ring is 1. The summed E-state index contributed by atoms with van der Waals surface area (Å²) < 4.78 is 5.65. The number of benzene rings is 1. The van der Waals surface area contributed by atoms with E-state index in [9.17, 15) is 0 Å². The van der Waals surface area contributed by atoms with E-state index >= 15 is 0 Å². The summed E-state index contributed by atoms with van der Waals surface area (Å²) in [6, 6.07) is 6.72. The fourth-order valence-electron chi connectivity index (χ4n) is 2.45. The van der Waals surface area contributed by atoms with E-state index in [1.165, 1.54) is 32.1 Å². The summed E-state index contributed by atoms with van der Waals surface area (Å²) in [5, 5.41) is 3.36. The second-order valence-corrected chi connectivity index (χ2v) is 4.69. The van der Waals surface area contributed by atoms with Crippen LogP contribution in [-0.2, 0) is 0 Å². The number of para-hydroxylation sites is 1. The SMILES string of the molecule is Nc1cccc2oc(NC3CCCCC3)nc12. The molecule has 0 aliphatic heterocycles. The van der Waals surface area contributed by atoms with Crippen LogP contribution in [0.4, 0.5) is 11.7 Å². The molecule has 0 saturated heterocycles. The zero-order valence-electron chi connectivity index (χ0n) is 9.78. The van der Waals surface area contributed by atoms with Crippen molar-refractivity contribution in [3.05, 3.63) is 18.2 Å². The van der Waals surface area contributed by atoms with Crippen LogP contribution in [0.5, 0.6) is 0 Å². The lowest BCUT2D eigenvalue weighted by Crippen LogP contribution is -2.22. The van der Waals surface area contributed by atoms with Gasteiger partial charge < -0.3 is 15.5 Å². The van der Waals surface area contributed by atoms with E-state index in [0.717, 1.165) is 11.1 Å². The van der Waals surface area contributed by atoms with Crippen molar-refractivity contribution in [1.82, 2.24) is 4.98 Å². The van der Waals surface area contributed by atoms with E-state index in [1.807, 2.05) is 18.2 Å². The minimum atomic E-state index is 0.498. The first kappa shape index (κ1) is 10.4. The number of nitrogens with one attached hydrogen (secondary N) is 1. The molecule has 90 valence electrons. The Hall–Kier alpha value is -1.71. The topological polar surface area (TPSA) is 64.1 Å². The first-order valence-corrected chi connectivity index (χ1v) is 6.24. The summed E-state index contributed by atoms with van der Waals surface area (Å²) in [7, 11) is 0. The van der Waals surface area contributed by atoms with E-state index in [-0.39, 0.29) is 0 Å². The van der Waals surface area contributed by atoms with Crippen molar-refractivity contribution in [1.29, 1.82) is 0 Å². The molecule has 1 aromatic heterocycles. The molecule has 1 fully saturated rings. The van der Waals surface area contributed by atoms with E-state index in [1.54, 1.807) is 0 Å². The molecule has 0 radical (unpaired) electrons. The molecule has 17 heavy (non-hydrogen) atoms. The van der Waals surface area contributed by atoms with Gasteiger partial charge in [0, 0.05) is 6.04 Å². The molecule has 1 aliphatic rings. The van der Waals surface area contributed by atoms with Gasteiger partial charge in [0.1, 0.15) is 5.52 Å². The van der Waals surface area contributed by atoms with Gasteiger partial charge in [-0.2, -0.15) is 4.98 Å². The molecule has 3 rings (SSSR count). The summed E-state index contributed by atoms with van der Waals surface area (Å²) in [4.78, 5) is 4.40. The highest BCUT2D eigenvalue weighted by Gasteiger charge is 2.16. The predicted molar refractivity (Wildman–Crippen MR) is 68.9 cm³/mol. The van der Waals surface area contributed by atoms with Crippen LogP contribution in [0.25, 0.3) is 11.1 Å². The third kappa shape index (κ3) is 2.07. The molecular weight excluding hydrogens is 214 g/mol. The number of anilines is 2. The first-order chi connectivity index (χ1) is 8.33. The average Bonchev–Trinajstić information content (AvgIpc) is 2.74. The van der Waals surface area contributed by atoms with Gasteiger partial charge in [0.25, 0.3) is 6.01 Å². The molecule has 3 N–H and O–H groups in total. The lowest BCUT2D eigenvalue weighted by atomic mass is 9.96. The standard InChI is InChI=1S/C13H17N3O/c14-10-7-4-8-11-12(10)16-13(17-11)15-9-5-2-1-3-6-9/h4,7-9H,1-3,5-6,14H2,(H,15,16). The fraction of sp³-hybridized carbons (Fsp3) is 0.462. The van der Waals surface area contributed by atoms with Crippen molar-refractivity contribution in [2.75, 3.05) is 11.1 Å². The minimum absolute atomic E-state index is 0.498. The average molecular weight is 231 g/mol. The van der Waals surface area contributed by atoms with Crippen molar-refractivity contribution < 1.29 is 4.42 Å². The maximum Gasteiger partial charge on any atom is 0.295 e. The number of aromatic nitrogens is 1. The van der Waals surface area contributed by atoms with Crippen molar-refractivity contribution >= 4 is 22.8 Å². The maximum absolute atomic E-state index is 5.85. The van der Waals surface area contributed by atoms with Crippen molar-refractivity contribution in [2.24, 2.45) is 0 Å². The molecule has 0 spiro atoms. The predicted octanol–water partition coefficient (Wildman–Crippen LogP) is 3.15. The highest BCUT2D eigenvalue weighted by molar-refractivity contribution is 5.86. The number of hydrogen-bond acceptors (Lipinski definition) is 4. The number of hydrogen-bond donors (Lipinski definition) is 2. The second kappa shape index (κ2) is 4.28. The molecule has 4 nitrogen and oxygen atoms in total. The Balaban J connectivity index is 1.83. The van der Waals surface area contributed by atoms with Gasteiger partial charge in [0.2, 0.25) is 0 Å². The van der Waals surface area contributed by atoms with Gasteiger partial charge in [0.05, 0.1) is 5.69 Å². The Morgan fingerprint density at radius 2 is 2.06 bits per heavy atom. The van der Waals surface area contributed by atoms with Gasteiger partial charge in [-0.15, -0.1) is 0 Å². The highest BCUT2D eigenvalue weighted by atomic mass is 16.4. The molecule has 1 aliphatic carbocycles. The lowest BCUT2D eigenvalue weighted by molar-refractivity contribution is 0.451. The van der Waals surface area contributed by atoms with Gasteiger partial charge in [-0.05, 0) is 25.0 Å². The summed E-state index contributed by atoms with van der Waals surface area (Å²) in [5.41, 5.74) is 8.03. The van der Waals surface area contributed by atoms with Gasteiger partial charge in [-0.3, -0.25) is 0 Å². The summed E-state index contributed by atoms with van der Waals surface area (Å²) >= 11 is 0. The quantitative estimate of drug-likeness (QED) is 0.779. The third-order valence-corrected chi connectivity index (χ3v) is 3.38. The molecule has 1 saturated carbocycles. The molecule has 4 heteroatoms. The van der Waals surface area contributed by atoms with Crippen LogP contribution in [0.1, 0.15) is 32.1 Å². The third-order valence-electron chi connectivity index (χ3n) is 3.38. The van der Waals surface area contributed by atoms with Crippen molar-refractivity contribution in [3.63, 3.8) is 0 Å². The van der Waals surface area contributed by atoms with E-state index in [2.05, 4.69) is 10.3 Å². The van der Waals surface area contributed by atoms with Crippen LogP contribution in [0.3, 0.4) is 0 Å². The molecule has 1 aromatic carbocycles. The van der Waals surface area contributed by atoms with Crippen molar-refractivity contribution in [3.8, 4) is 0 Å². The van der Waals surface area contributed by atoms with Gasteiger partial charge >= 0.3 is 0 Å². The second-order valence-electron chi connectivity index (χ2n) is 4.69. The van der Waals surface area contributed by atoms with Crippen LogP contribution in [0.15, 0.2) is 22.6 Å². The van der Waals surface area contributed by atoms with Crippen LogP contribution in [0, 0.1) is 0 Å². The largest absolute Gasteiger partial charge is 0.423 e. The number of fused-ring (bicyclic) bond motifs is 1. The summed E-state index contributed by atoms with van der Waals surface area (Å²) in [5.74, 6) is 0. The van der Waals surface area contributed by atoms with E-state index in [0.29, 0.717) is 17.7 Å². The van der Waals surface area contributed by atoms with Crippen LogP contribution in [-0.4, -0.2) is 11.0 Å². The Morgan fingerprint density at radius 3 is 2.82 bits per heavy atom. The first-order valence-electron chi connectivity index (χ1n) is 6.24. The monoisotopic (exact) mass is 231 g/mol. The van der Waals surface area contributed by atoms with Crippen LogP contribution in [0.2, 0.25) is 0 Å².